The Labute approximate surface area is 176 Å². The van der Waals surface area contributed by atoms with Crippen molar-refractivity contribution in [2.45, 2.75) is 54.4 Å². The van der Waals surface area contributed by atoms with Gasteiger partial charge in [-0.05, 0) is 62.6 Å². The molecule has 0 atom stereocenters. The van der Waals surface area contributed by atoms with Gasteiger partial charge < -0.3 is 22.3 Å². The number of aromatic nitrogens is 2. The molecule has 0 aliphatic carbocycles. The quantitative estimate of drug-likeness (QED) is 0.641. The smallest absolute Gasteiger partial charge is 0.495 e. The number of halogens is 2. The van der Waals surface area contributed by atoms with Gasteiger partial charge in [0.2, 0.25) is 0 Å². The van der Waals surface area contributed by atoms with E-state index in [1.807, 2.05) is 53.7 Å². The lowest BCUT2D eigenvalue weighted by Crippen LogP contribution is -2.51. The number of methoxy groups -OCH3 is 1. The highest BCUT2D eigenvalue weighted by molar-refractivity contribution is 6.58. The van der Waals surface area contributed by atoms with Crippen molar-refractivity contribution in [3.05, 3.63) is 63.4 Å². The Kier molecular flexibility index (Phi) is 4.75. The van der Waals surface area contributed by atoms with Crippen LogP contribution >= 0.6 is 0 Å². The third-order valence-electron chi connectivity index (χ3n) is 6.72. The highest BCUT2D eigenvalue weighted by Gasteiger charge is 2.56. The van der Waals surface area contributed by atoms with Crippen LogP contribution in [0.4, 0.5) is 8.63 Å². The molecule has 0 saturated carbocycles. The van der Waals surface area contributed by atoms with E-state index in [9.17, 15) is 0 Å². The van der Waals surface area contributed by atoms with Gasteiger partial charge in [-0.2, -0.15) is 0 Å². The molecule has 4 heterocycles. The molecule has 0 saturated heterocycles. The summed E-state index contributed by atoms with van der Waals surface area (Å²) in [6, 6.07) is 3.69. The minimum Gasteiger partial charge on any atom is -0.495 e. The average molecular weight is 411 g/mol. The van der Waals surface area contributed by atoms with Gasteiger partial charge in [-0.1, -0.05) is 13.8 Å². The second-order valence-corrected chi connectivity index (χ2v) is 8.07. The second kappa shape index (κ2) is 6.93. The van der Waals surface area contributed by atoms with Gasteiger partial charge >= 0.3 is 6.97 Å². The largest absolute Gasteiger partial charge is 0.737 e. The first-order valence-electron chi connectivity index (χ1n) is 10.5. The predicted octanol–water partition coefficient (Wildman–Crippen LogP) is 5.28. The molecule has 0 fully saturated rings. The number of fused-ring (bicyclic) bond motifs is 2. The maximum Gasteiger partial charge on any atom is 0.737 e. The first kappa shape index (κ1) is 20.6. The lowest BCUT2D eigenvalue weighted by molar-refractivity contribution is -0.363. The van der Waals surface area contributed by atoms with E-state index in [0.717, 1.165) is 27.8 Å². The zero-order chi connectivity index (χ0) is 22.0. The van der Waals surface area contributed by atoms with Crippen LogP contribution in [0.3, 0.4) is 0 Å². The van der Waals surface area contributed by atoms with Crippen molar-refractivity contribution < 1.29 is 17.9 Å². The molecule has 2 aliphatic rings. The third kappa shape index (κ3) is 2.50. The first-order valence-corrected chi connectivity index (χ1v) is 10.5. The van der Waals surface area contributed by atoms with Gasteiger partial charge in [0.15, 0.2) is 5.70 Å². The van der Waals surface area contributed by atoms with Gasteiger partial charge in [0, 0.05) is 23.8 Å². The summed E-state index contributed by atoms with van der Waals surface area (Å²) in [6.45, 7) is 7.55. The molecule has 2 aliphatic heterocycles. The summed E-state index contributed by atoms with van der Waals surface area (Å²) < 4.78 is 40.0. The van der Waals surface area contributed by atoms with Gasteiger partial charge in [-0.3, -0.25) is 4.98 Å². The standard InChI is InChI=1S/C23H28BF2N3O/c1-8-18-13(3)22-21(20-11-10-17(30-7)12-27-20)23-14(4)19(9-2)16(6)29(23)24(25,26)28(22)15(18)5/h10-12H,8-9H2,1-7H3. The Morgan fingerprint density at radius 2 is 1.80 bits per heavy atom. The van der Waals surface area contributed by atoms with Crippen LogP contribution in [0.1, 0.15) is 62.3 Å². The Morgan fingerprint density at radius 1 is 1.10 bits per heavy atom. The van der Waals surface area contributed by atoms with Gasteiger partial charge in [-0.25, -0.2) is 0 Å². The van der Waals surface area contributed by atoms with E-state index in [1.54, 1.807) is 13.3 Å². The van der Waals surface area contributed by atoms with Crippen LogP contribution in [0.5, 0.6) is 5.75 Å². The van der Waals surface area contributed by atoms with Crippen LogP contribution < -0.4 is 4.74 Å². The summed E-state index contributed by atoms with van der Waals surface area (Å²) in [5.41, 5.74) is 7.67. The van der Waals surface area contributed by atoms with E-state index in [0.29, 0.717) is 47.1 Å². The number of allylic oxidation sites excluding steroid dienone is 2. The van der Waals surface area contributed by atoms with Crippen molar-refractivity contribution in [3.8, 4) is 5.75 Å². The summed E-state index contributed by atoms with van der Waals surface area (Å²) in [5, 5.41) is 0. The zero-order valence-electron chi connectivity index (χ0n) is 18.7. The number of pyridine rings is 1. The number of hydrogen-bond acceptors (Lipinski definition) is 2. The monoisotopic (exact) mass is 411 g/mol. The van der Waals surface area contributed by atoms with Crippen LogP contribution in [0.2, 0.25) is 0 Å². The van der Waals surface area contributed by atoms with Crippen molar-refractivity contribution in [2.75, 3.05) is 7.11 Å². The number of ether oxygens (including phenoxy) is 1. The van der Waals surface area contributed by atoms with E-state index in [2.05, 4.69) is 4.98 Å². The summed E-state index contributed by atoms with van der Waals surface area (Å²) >= 11 is 0. The molecule has 4 rings (SSSR count). The number of nitrogens with zero attached hydrogens (tertiary/aromatic N) is 3. The number of rotatable bonds is 4. The molecular formula is C23H28BF2N3O. The van der Waals surface area contributed by atoms with E-state index < -0.39 is 6.97 Å². The molecule has 0 aromatic carbocycles. The van der Waals surface area contributed by atoms with Gasteiger partial charge in [0.05, 0.1) is 24.6 Å². The molecule has 2 aromatic rings. The van der Waals surface area contributed by atoms with Crippen molar-refractivity contribution in [2.24, 2.45) is 0 Å². The molecule has 7 heteroatoms. The second-order valence-electron chi connectivity index (χ2n) is 8.07. The Morgan fingerprint density at radius 3 is 2.33 bits per heavy atom. The molecule has 0 radical (unpaired) electrons. The summed E-state index contributed by atoms with van der Waals surface area (Å²) in [4.78, 5) is 4.60. The third-order valence-corrected chi connectivity index (χ3v) is 6.72. The van der Waals surface area contributed by atoms with E-state index in [1.165, 1.54) is 8.96 Å². The highest BCUT2D eigenvalue weighted by atomic mass is 19.2. The van der Waals surface area contributed by atoms with Crippen LogP contribution in [0, 0.1) is 13.8 Å². The molecule has 30 heavy (non-hydrogen) atoms. The summed E-state index contributed by atoms with van der Waals surface area (Å²) in [5.74, 6) is 0.639. The molecule has 0 spiro atoms. The molecule has 158 valence electrons. The van der Waals surface area contributed by atoms with Crippen LogP contribution in [-0.4, -0.2) is 33.7 Å². The molecule has 0 amide bonds. The Hall–Kier alpha value is -2.70. The Bertz CT molecular complexity index is 1150. The van der Waals surface area contributed by atoms with Crippen molar-refractivity contribution >= 4 is 18.3 Å². The van der Waals surface area contributed by atoms with E-state index in [4.69, 9.17) is 4.74 Å². The Balaban J connectivity index is 2.18. The average Bonchev–Trinajstić information content (AvgIpc) is 3.13. The number of hydrogen-bond donors (Lipinski definition) is 0. The van der Waals surface area contributed by atoms with Crippen LogP contribution in [0.15, 0.2) is 35.2 Å². The zero-order valence-corrected chi connectivity index (χ0v) is 18.7. The van der Waals surface area contributed by atoms with Crippen molar-refractivity contribution in [1.29, 1.82) is 0 Å². The molecule has 0 N–H and O–H groups in total. The highest BCUT2D eigenvalue weighted by Crippen LogP contribution is 2.46. The van der Waals surface area contributed by atoms with Crippen molar-refractivity contribution in [1.82, 2.24) is 9.46 Å². The van der Waals surface area contributed by atoms with Crippen molar-refractivity contribution in [3.63, 3.8) is 0 Å². The maximum atomic E-state index is 16.1. The summed E-state index contributed by atoms with van der Waals surface area (Å²) in [6.07, 6.45) is 3.06. The molecule has 4 nitrogen and oxygen atoms in total. The SMILES string of the molecule is CCC1=C(C)C2=C(c3ccc(OC)cn3)c3c(C)c(CC)c(C)n3[B-](F)(F)[N+]2=C1C. The minimum atomic E-state index is -4.01. The lowest BCUT2D eigenvalue weighted by Gasteiger charge is -2.33. The van der Waals surface area contributed by atoms with Crippen LogP contribution in [0.25, 0.3) is 5.57 Å². The van der Waals surface area contributed by atoms with Gasteiger partial charge in [-0.15, -0.1) is 0 Å². The fourth-order valence-corrected chi connectivity index (χ4v) is 5.37. The van der Waals surface area contributed by atoms with Gasteiger partial charge in [0.25, 0.3) is 0 Å². The molecule has 0 unspecified atom stereocenters. The van der Waals surface area contributed by atoms with Gasteiger partial charge in [0.1, 0.15) is 11.5 Å². The fourth-order valence-electron chi connectivity index (χ4n) is 5.37. The lowest BCUT2D eigenvalue weighted by atomic mass is 9.85. The summed E-state index contributed by atoms with van der Waals surface area (Å²) in [7, 11) is 1.59. The van der Waals surface area contributed by atoms with E-state index >= 15 is 8.63 Å². The van der Waals surface area contributed by atoms with E-state index in [-0.39, 0.29) is 0 Å². The molecule has 0 bridgehead atoms. The fraction of sp³-hybridized carbons (Fsp3) is 0.391. The molecular weight excluding hydrogens is 383 g/mol. The molecule has 2 aromatic heterocycles. The maximum absolute atomic E-state index is 16.1. The first-order chi connectivity index (χ1) is 14.2. The normalized spacial score (nSPS) is 17.6. The van der Waals surface area contributed by atoms with Crippen LogP contribution in [-0.2, 0) is 6.42 Å². The topological polar surface area (TPSA) is 30.1 Å². The predicted molar refractivity (Wildman–Crippen MR) is 117 cm³/mol. The minimum absolute atomic E-state index is 0.586.